The molecule has 0 aromatic heterocycles. The summed E-state index contributed by atoms with van der Waals surface area (Å²) in [5.74, 6) is -2.01. The summed E-state index contributed by atoms with van der Waals surface area (Å²) in [5, 5.41) is 2.66. The summed E-state index contributed by atoms with van der Waals surface area (Å²) < 4.78 is 41.5. The standard InChI is InChI=1S/C13H15ClFNO4S/c1-13(3-4-13)7-16-12(17)8-5-9(15)11(20-2)10(6-8)21(14,18)19/h5-6H,3-4,7H2,1-2H3,(H,16,17). The van der Waals surface area contributed by atoms with Crippen molar-refractivity contribution in [2.75, 3.05) is 13.7 Å². The van der Waals surface area contributed by atoms with Crippen molar-refractivity contribution in [1.29, 1.82) is 0 Å². The van der Waals surface area contributed by atoms with E-state index >= 15 is 0 Å². The molecule has 5 nitrogen and oxygen atoms in total. The molecule has 0 aliphatic heterocycles. The van der Waals surface area contributed by atoms with E-state index in [1.165, 1.54) is 0 Å². The van der Waals surface area contributed by atoms with Gasteiger partial charge in [-0.3, -0.25) is 4.79 Å². The Morgan fingerprint density at radius 1 is 1.48 bits per heavy atom. The van der Waals surface area contributed by atoms with E-state index in [0.717, 1.165) is 32.1 Å². The molecule has 21 heavy (non-hydrogen) atoms. The molecule has 0 unspecified atom stereocenters. The molecule has 1 aliphatic rings. The Morgan fingerprint density at radius 3 is 2.57 bits per heavy atom. The van der Waals surface area contributed by atoms with Crippen LogP contribution in [0.25, 0.3) is 0 Å². The van der Waals surface area contributed by atoms with Crippen molar-refractivity contribution in [3.63, 3.8) is 0 Å². The SMILES string of the molecule is COc1c(F)cc(C(=O)NCC2(C)CC2)cc1S(=O)(=O)Cl. The van der Waals surface area contributed by atoms with Gasteiger partial charge >= 0.3 is 0 Å². The first-order chi connectivity index (χ1) is 9.66. The second-order valence-electron chi connectivity index (χ2n) is 5.42. The molecule has 116 valence electrons. The predicted octanol–water partition coefficient (Wildman–Crippen LogP) is 2.29. The minimum absolute atomic E-state index is 0.0854. The highest BCUT2D eigenvalue weighted by Crippen LogP contribution is 2.44. The summed E-state index contributed by atoms with van der Waals surface area (Å²) in [4.78, 5) is 11.4. The lowest BCUT2D eigenvalue weighted by Crippen LogP contribution is -2.29. The van der Waals surface area contributed by atoms with Crippen LogP contribution in [-0.2, 0) is 9.05 Å². The molecule has 1 aromatic rings. The maximum Gasteiger partial charge on any atom is 0.265 e. The first-order valence-corrected chi connectivity index (χ1v) is 8.58. The van der Waals surface area contributed by atoms with Crippen LogP contribution < -0.4 is 10.1 Å². The van der Waals surface area contributed by atoms with Crippen LogP contribution in [0.3, 0.4) is 0 Å². The molecule has 1 N–H and O–H groups in total. The van der Waals surface area contributed by atoms with Gasteiger partial charge in [0.05, 0.1) is 7.11 Å². The number of carbonyl (C=O) groups excluding carboxylic acids is 1. The summed E-state index contributed by atoms with van der Waals surface area (Å²) in [7, 11) is 2.14. The van der Waals surface area contributed by atoms with Crippen LogP contribution in [0.4, 0.5) is 4.39 Å². The minimum atomic E-state index is -4.23. The van der Waals surface area contributed by atoms with Crippen LogP contribution >= 0.6 is 10.7 Å². The molecule has 1 saturated carbocycles. The second-order valence-corrected chi connectivity index (χ2v) is 7.96. The van der Waals surface area contributed by atoms with E-state index < -0.39 is 31.4 Å². The molecule has 1 fully saturated rings. The lowest BCUT2D eigenvalue weighted by molar-refractivity contribution is 0.0945. The maximum atomic E-state index is 13.9. The number of halogens is 2. The zero-order valence-electron chi connectivity index (χ0n) is 11.6. The topological polar surface area (TPSA) is 72.5 Å². The van der Waals surface area contributed by atoms with E-state index in [-0.39, 0.29) is 11.0 Å². The fourth-order valence-corrected chi connectivity index (χ4v) is 2.88. The third kappa shape index (κ3) is 3.65. The van der Waals surface area contributed by atoms with Crippen LogP contribution in [-0.4, -0.2) is 28.0 Å². The number of hydrogen-bond donors (Lipinski definition) is 1. The van der Waals surface area contributed by atoms with E-state index in [4.69, 9.17) is 15.4 Å². The molecule has 2 rings (SSSR count). The fraction of sp³-hybridized carbons (Fsp3) is 0.462. The Labute approximate surface area is 126 Å². The van der Waals surface area contributed by atoms with Crippen molar-refractivity contribution in [3.05, 3.63) is 23.5 Å². The minimum Gasteiger partial charge on any atom is -0.492 e. The molecule has 1 amide bonds. The highest BCUT2D eigenvalue weighted by molar-refractivity contribution is 8.13. The van der Waals surface area contributed by atoms with Crippen molar-refractivity contribution in [2.45, 2.75) is 24.7 Å². The normalized spacial score (nSPS) is 16.4. The first kappa shape index (κ1) is 16.0. The van der Waals surface area contributed by atoms with Gasteiger partial charge < -0.3 is 10.1 Å². The molecule has 0 spiro atoms. The average molecular weight is 336 g/mol. The number of nitrogens with one attached hydrogen (secondary N) is 1. The monoisotopic (exact) mass is 335 g/mol. The number of amides is 1. The first-order valence-electron chi connectivity index (χ1n) is 6.27. The van der Waals surface area contributed by atoms with E-state index in [1.807, 2.05) is 6.92 Å². The summed E-state index contributed by atoms with van der Waals surface area (Å²) in [6, 6.07) is 1.93. The summed E-state index contributed by atoms with van der Waals surface area (Å²) in [5.41, 5.74) is -0.0287. The Morgan fingerprint density at radius 2 is 2.10 bits per heavy atom. The largest absolute Gasteiger partial charge is 0.492 e. The Hall–Kier alpha value is -1.34. The van der Waals surface area contributed by atoms with Crippen molar-refractivity contribution < 1.29 is 22.3 Å². The van der Waals surface area contributed by atoms with Crippen molar-refractivity contribution in [1.82, 2.24) is 5.32 Å². The van der Waals surface area contributed by atoms with E-state index in [1.54, 1.807) is 0 Å². The number of methoxy groups -OCH3 is 1. The number of carbonyl (C=O) groups is 1. The van der Waals surface area contributed by atoms with E-state index in [0.29, 0.717) is 6.54 Å². The maximum absolute atomic E-state index is 13.9. The molecule has 0 atom stereocenters. The van der Waals surface area contributed by atoms with Crippen LogP contribution in [0.15, 0.2) is 17.0 Å². The van der Waals surface area contributed by atoms with Gasteiger partial charge in [0.15, 0.2) is 11.6 Å². The van der Waals surface area contributed by atoms with Crippen LogP contribution in [0.5, 0.6) is 5.75 Å². The Bertz CT molecular complexity index is 686. The number of rotatable bonds is 5. The summed E-state index contributed by atoms with van der Waals surface area (Å²) >= 11 is 0. The zero-order valence-corrected chi connectivity index (χ0v) is 13.1. The van der Waals surface area contributed by atoms with Crippen molar-refractivity contribution in [3.8, 4) is 5.75 Å². The lowest BCUT2D eigenvalue weighted by Gasteiger charge is -2.12. The number of ether oxygens (including phenoxy) is 1. The van der Waals surface area contributed by atoms with Crippen LogP contribution in [0.2, 0.25) is 0 Å². The van der Waals surface area contributed by atoms with Crippen molar-refractivity contribution >= 4 is 25.6 Å². The van der Waals surface area contributed by atoms with Gasteiger partial charge in [-0.2, -0.15) is 0 Å². The van der Waals surface area contributed by atoms with Gasteiger partial charge in [-0.25, -0.2) is 12.8 Å². The van der Waals surface area contributed by atoms with Gasteiger partial charge in [-0.05, 0) is 30.4 Å². The zero-order chi connectivity index (χ0) is 15.8. The Balaban J connectivity index is 2.32. The second kappa shape index (κ2) is 5.46. The highest BCUT2D eigenvalue weighted by Gasteiger charge is 2.37. The van der Waals surface area contributed by atoms with Crippen LogP contribution in [0.1, 0.15) is 30.1 Å². The van der Waals surface area contributed by atoms with E-state index in [2.05, 4.69) is 5.32 Å². The third-order valence-electron chi connectivity index (χ3n) is 3.52. The van der Waals surface area contributed by atoms with Gasteiger partial charge in [0.25, 0.3) is 15.0 Å². The summed E-state index contributed by atoms with van der Waals surface area (Å²) in [6.07, 6.45) is 2.04. The molecule has 0 bridgehead atoms. The molecule has 8 heteroatoms. The molecule has 1 aromatic carbocycles. The van der Waals surface area contributed by atoms with Gasteiger partial charge in [0.2, 0.25) is 0 Å². The lowest BCUT2D eigenvalue weighted by atomic mass is 10.1. The summed E-state index contributed by atoms with van der Waals surface area (Å²) in [6.45, 7) is 2.49. The molecular formula is C13H15ClFNO4S. The number of hydrogen-bond acceptors (Lipinski definition) is 4. The predicted molar refractivity (Wildman–Crippen MR) is 75.7 cm³/mol. The smallest absolute Gasteiger partial charge is 0.265 e. The molecule has 0 heterocycles. The van der Waals surface area contributed by atoms with E-state index in [9.17, 15) is 17.6 Å². The van der Waals surface area contributed by atoms with Gasteiger partial charge in [0.1, 0.15) is 4.90 Å². The quantitative estimate of drug-likeness (QED) is 0.838. The average Bonchev–Trinajstić information content (AvgIpc) is 3.12. The van der Waals surface area contributed by atoms with Gasteiger partial charge in [0, 0.05) is 22.8 Å². The molecule has 1 aliphatic carbocycles. The number of benzene rings is 1. The third-order valence-corrected chi connectivity index (χ3v) is 4.85. The van der Waals surface area contributed by atoms with Gasteiger partial charge in [-0.15, -0.1) is 0 Å². The molecule has 0 radical (unpaired) electrons. The fourth-order valence-electron chi connectivity index (χ4n) is 1.86. The molecule has 0 saturated heterocycles. The van der Waals surface area contributed by atoms with Crippen LogP contribution in [0, 0.1) is 11.2 Å². The highest BCUT2D eigenvalue weighted by atomic mass is 35.7. The Kier molecular flexibility index (Phi) is 4.17. The van der Waals surface area contributed by atoms with Gasteiger partial charge in [-0.1, -0.05) is 6.92 Å². The molecular weight excluding hydrogens is 321 g/mol. The van der Waals surface area contributed by atoms with Crippen molar-refractivity contribution in [2.24, 2.45) is 5.41 Å².